The molecule has 0 aliphatic rings. The fourth-order valence-corrected chi connectivity index (χ4v) is 2.78. The van der Waals surface area contributed by atoms with Crippen molar-refractivity contribution < 1.29 is 0 Å². The van der Waals surface area contributed by atoms with E-state index in [1.165, 1.54) is 11.3 Å². The number of aromatic nitrogens is 3. The standard InChI is InChI=1S/C11H9ClN4S/c1-13-10-11-15-6-7(16(11)5-4-14-10)8-2-3-9(12)17-8/h2-6H,1H3,(H,13,14). The van der Waals surface area contributed by atoms with Crippen LogP contribution in [0.3, 0.4) is 0 Å². The molecule has 0 aromatic carbocycles. The van der Waals surface area contributed by atoms with Crippen LogP contribution in [0, 0.1) is 0 Å². The molecule has 6 heteroatoms. The second-order valence-corrected chi connectivity index (χ2v) is 5.18. The van der Waals surface area contributed by atoms with E-state index in [2.05, 4.69) is 15.3 Å². The summed E-state index contributed by atoms with van der Waals surface area (Å²) in [4.78, 5) is 9.69. The summed E-state index contributed by atoms with van der Waals surface area (Å²) < 4.78 is 2.78. The fraction of sp³-hybridized carbons (Fsp3) is 0.0909. The lowest BCUT2D eigenvalue weighted by Gasteiger charge is -2.02. The van der Waals surface area contributed by atoms with Crippen LogP contribution in [0.1, 0.15) is 0 Å². The van der Waals surface area contributed by atoms with Crippen molar-refractivity contribution in [2.45, 2.75) is 0 Å². The molecule has 0 aliphatic heterocycles. The minimum absolute atomic E-state index is 0.765. The van der Waals surface area contributed by atoms with Crippen molar-refractivity contribution in [1.82, 2.24) is 14.4 Å². The number of nitrogens with zero attached hydrogens (tertiary/aromatic N) is 3. The Morgan fingerprint density at radius 1 is 1.35 bits per heavy atom. The molecule has 0 saturated heterocycles. The first-order valence-corrected chi connectivity index (χ1v) is 6.24. The molecule has 0 amide bonds. The molecule has 0 saturated carbocycles. The molecular weight excluding hydrogens is 256 g/mol. The topological polar surface area (TPSA) is 42.2 Å². The summed E-state index contributed by atoms with van der Waals surface area (Å²) in [6.07, 6.45) is 5.48. The highest BCUT2D eigenvalue weighted by molar-refractivity contribution is 7.19. The SMILES string of the molecule is CNc1nccn2c(-c3ccc(Cl)s3)cnc12. The summed E-state index contributed by atoms with van der Waals surface area (Å²) in [7, 11) is 1.83. The summed E-state index contributed by atoms with van der Waals surface area (Å²) >= 11 is 7.49. The quantitative estimate of drug-likeness (QED) is 0.773. The van der Waals surface area contributed by atoms with Crippen molar-refractivity contribution in [1.29, 1.82) is 0 Å². The lowest BCUT2D eigenvalue weighted by atomic mass is 10.4. The van der Waals surface area contributed by atoms with Gasteiger partial charge >= 0.3 is 0 Å². The van der Waals surface area contributed by atoms with Crippen LogP contribution in [0.15, 0.2) is 30.7 Å². The summed E-state index contributed by atoms with van der Waals surface area (Å²) in [6.45, 7) is 0. The van der Waals surface area contributed by atoms with E-state index in [4.69, 9.17) is 11.6 Å². The molecule has 0 spiro atoms. The first kappa shape index (κ1) is 10.6. The molecule has 3 aromatic heterocycles. The number of fused-ring (bicyclic) bond motifs is 1. The van der Waals surface area contributed by atoms with Gasteiger partial charge in [0.05, 0.1) is 21.1 Å². The number of halogens is 1. The van der Waals surface area contributed by atoms with Crippen LogP contribution in [-0.2, 0) is 0 Å². The van der Waals surface area contributed by atoms with Gasteiger partial charge in [0.2, 0.25) is 0 Å². The van der Waals surface area contributed by atoms with Gasteiger partial charge in [0.15, 0.2) is 11.5 Å². The Morgan fingerprint density at radius 2 is 2.24 bits per heavy atom. The third kappa shape index (κ3) is 1.67. The van der Waals surface area contributed by atoms with E-state index < -0.39 is 0 Å². The van der Waals surface area contributed by atoms with Gasteiger partial charge in [0.25, 0.3) is 0 Å². The van der Waals surface area contributed by atoms with E-state index in [0.717, 1.165) is 26.4 Å². The zero-order valence-corrected chi connectivity index (χ0v) is 10.6. The molecule has 17 heavy (non-hydrogen) atoms. The number of rotatable bonds is 2. The van der Waals surface area contributed by atoms with Gasteiger partial charge in [-0.1, -0.05) is 11.6 Å². The fourth-order valence-electron chi connectivity index (χ4n) is 1.73. The molecule has 0 unspecified atom stereocenters. The van der Waals surface area contributed by atoms with Gasteiger partial charge in [-0.3, -0.25) is 4.40 Å². The third-order valence-electron chi connectivity index (χ3n) is 2.49. The molecule has 0 fully saturated rings. The maximum Gasteiger partial charge on any atom is 0.180 e. The molecule has 3 aromatic rings. The van der Waals surface area contributed by atoms with E-state index in [1.54, 1.807) is 6.20 Å². The number of anilines is 1. The molecule has 1 N–H and O–H groups in total. The molecular formula is C11H9ClN4S. The van der Waals surface area contributed by atoms with Crippen LogP contribution in [-0.4, -0.2) is 21.4 Å². The first-order chi connectivity index (χ1) is 8.29. The van der Waals surface area contributed by atoms with Gasteiger partial charge < -0.3 is 5.32 Å². The highest BCUT2D eigenvalue weighted by atomic mass is 35.5. The Labute approximate surface area is 107 Å². The summed E-state index contributed by atoms with van der Waals surface area (Å²) in [5.74, 6) is 0.765. The Hall–Kier alpha value is -1.59. The van der Waals surface area contributed by atoms with Crippen molar-refractivity contribution in [2.24, 2.45) is 0 Å². The van der Waals surface area contributed by atoms with E-state index in [1.807, 2.05) is 36.0 Å². The second-order valence-electron chi connectivity index (χ2n) is 3.47. The zero-order valence-electron chi connectivity index (χ0n) is 9.01. The minimum Gasteiger partial charge on any atom is -0.370 e. The number of imidazole rings is 1. The van der Waals surface area contributed by atoms with Crippen LogP contribution in [0.4, 0.5) is 5.82 Å². The molecule has 0 radical (unpaired) electrons. The molecule has 3 heterocycles. The van der Waals surface area contributed by atoms with Gasteiger partial charge in [-0.25, -0.2) is 9.97 Å². The maximum atomic E-state index is 5.95. The lowest BCUT2D eigenvalue weighted by molar-refractivity contribution is 1.13. The zero-order chi connectivity index (χ0) is 11.8. The predicted octanol–water partition coefficient (Wildman–Crippen LogP) is 3.15. The normalized spacial score (nSPS) is 10.9. The largest absolute Gasteiger partial charge is 0.370 e. The van der Waals surface area contributed by atoms with Gasteiger partial charge in [0.1, 0.15) is 0 Å². The Morgan fingerprint density at radius 3 is 2.94 bits per heavy atom. The Kier molecular flexibility index (Phi) is 2.49. The highest BCUT2D eigenvalue weighted by Crippen LogP contribution is 2.31. The van der Waals surface area contributed by atoms with Crippen molar-refractivity contribution >= 4 is 34.4 Å². The van der Waals surface area contributed by atoms with Gasteiger partial charge in [-0.05, 0) is 12.1 Å². The molecule has 3 rings (SSSR count). The number of hydrogen-bond donors (Lipinski definition) is 1. The third-order valence-corrected chi connectivity index (χ3v) is 3.74. The average molecular weight is 265 g/mol. The van der Waals surface area contributed by atoms with Crippen molar-refractivity contribution in [3.05, 3.63) is 35.1 Å². The van der Waals surface area contributed by atoms with Gasteiger partial charge in [-0.2, -0.15) is 0 Å². The molecule has 86 valence electrons. The summed E-state index contributed by atoms with van der Waals surface area (Å²) in [5.41, 5.74) is 1.84. The predicted molar refractivity (Wildman–Crippen MR) is 70.9 cm³/mol. The highest BCUT2D eigenvalue weighted by Gasteiger charge is 2.10. The molecule has 4 nitrogen and oxygen atoms in total. The van der Waals surface area contributed by atoms with Crippen LogP contribution in [0.5, 0.6) is 0 Å². The van der Waals surface area contributed by atoms with Gasteiger partial charge in [0, 0.05) is 19.4 Å². The number of thiophene rings is 1. The second kappa shape index (κ2) is 4.01. The van der Waals surface area contributed by atoms with Crippen LogP contribution in [0.2, 0.25) is 4.34 Å². The van der Waals surface area contributed by atoms with Crippen molar-refractivity contribution in [3.63, 3.8) is 0 Å². The Bertz CT molecular complexity index is 673. The van der Waals surface area contributed by atoms with Crippen LogP contribution < -0.4 is 5.32 Å². The van der Waals surface area contributed by atoms with E-state index in [0.29, 0.717) is 0 Å². The van der Waals surface area contributed by atoms with Crippen LogP contribution in [0.25, 0.3) is 16.2 Å². The number of hydrogen-bond acceptors (Lipinski definition) is 4. The van der Waals surface area contributed by atoms with E-state index in [-0.39, 0.29) is 0 Å². The molecule has 0 bridgehead atoms. The van der Waals surface area contributed by atoms with Crippen molar-refractivity contribution in [2.75, 3.05) is 12.4 Å². The van der Waals surface area contributed by atoms with E-state index >= 15 is 0 Å². The average Bonchev–Trinajstić information content (AvgIpc) is 2.94. The first-order valence-electron chi connectivity index (χ1n) is 5.05. The lowest BCUT2D eigenvalue weighted by Crippen LogP contribution is -1.97. The Balaban J connectivity index is 2.25. The minimum atomic E-state index is 0.765. The molecule has 0 aliphatic carbocycles. The monoisotopic (exact) mass is 264 g/mol. The van der Waals surface area contributed by atoms with Crippen molar-refractivity contribution in [3.8, 4) is 10.6 Å². The molecule has 0 atom stereocenters. The van der Waals surface area contributed by atoms with Crippen LogP contribution >= 0.6 is 22.9 Å². The van der Waals surface area contributed by atoms with Gasteiger partial charge in [-0.15, -0.1) is 11.3 Å². The summed E-state index contributed by atoms with van der Waals surface area (Å²) in [5, 5.41) is 3.02. The maximum absolute atomic E-state index is 5.95. The smallest absolute Gasteiger partial charge is 0.180 e. The number of nitrogens with one attached hydrogen (secondary N) is 1. The van der Waals surface area contributed by atoms with E-state index in [9.17, 15) is 0 Å². The summed E-state index contributed by atoms with van der Waals surface area (Å²) in [6, 6.07) is 3.89.